The number of methoxy groups -OCH3 is 1. The van der Waals surface area contributed by atoms with Crippen LogP contribution in [0.15, 0.2) is 42.2 Å². The molecule has 4 N–H and O–H groups in total. The van der Waals surface area contributed by atoms with Crippen molar-refractivity contribution in [1.29, 1.82) is 0 Å². The van der Waals surface area contributed by atoms with E-state index in [9.17, 15) is 44.7 Å². The van der Waals surface area contributed by atoms with Gasteiger partial charge in [-0.15, -0.1) is 0 Å². The van der Waals surface area contributed by atoms with E-state index < -0.39 is 101 Å². The van der Waals surface area contributed by atoms with Gasteiger partial charge in [0.25, 0.3) is 11.7 Å². The zero-order valence-corrected chi connectivity index (χ0v) is 31.6. The minimum absolute atomic E-state index is 0.0933. The highest BCUT2D eigenvalue weighted by molar-refractivity contribution is 6.21. The van der Waals surface area contributed by atoms with Crippen LogP contribution < -0.4 is 25.0 Å². The number of aliphatic carboxylic acids is 1. The van der Waals surface area contributed by atoms with E-state index in [1.54, 1.807) is 33.8 Å². The molecule has 0 aromatic heterocycles. The van der Waals surface area contributed by atoms with E-state index in [-0.39, 0.29) is 39.3 Å². The Bertz CT molecular complexity index is 1900. The molecule has 1 amide bonds. The number of amides is 1. The first-order chi connectivity index (χ1) is 25.2. The summed E-state index contributed by atoms with van der Waals surface area (Å²) in [5.41, 5.74) is -0.521. The molecule has 2 aromatic carbocycles. The van der Waals surface area contributed by atoms with Gasteiger partial charge in [-0.1, -0.05) is 51.7 Å². The number of fused-ring (bicyclic) bond motifs is 14. The average Bonchev–Trinajstić information content (AvgIpc) is 3.38. The number of ether oxygens (including phenoxy) is 5. The third-order valence-corrected chi connectivity index (χ3v) is 10.1. The van der Waals surface area contributed by atoms with E-state index in [1.807, 2.05) is 0 Å². The molecule has 0 spiro atoms. The molecule has 15 nitrogen and oxygen atoms in total. The number of hydrogen-bond donors (Lipinski definition) is 4. The lowest BCUT2D eigenvalue weighted by atomic mass is 9.78. The van der Waals surface area contributed by atoms with Crippen molar-refractivity contribution < 1.29 is 68.4 Å². The normalized spacial score (nSPS) is 31.5. The van der Waals surface area contributed by atoms with Crippen LogP contribution in [0.1, 0.15) is 64.4 Å². The van der Waals surface area contributed by atoms with Gasteiger partial charge < -0.3 is 59.3 Å². The van der Waals surface area contributed by atoms with Crippen molar-refractivity contribution in [1.82, 2.24) is 0 Å². The Hall–Kier alpha value is -5.12. The quantitative estimate of drug-likeness (QED) is 0.254. The van der Waals surface area contributed by atoms with E-state index in [0.717, 1.165) is 12.3 Å². The Morgan fingerprint density at radius 2 is 1.69 bits per heavy atom. The standard InChI is InChI=1S/C39H49NO14/c1-17-11-10-12-18(2)38(49)40-24-15-26(51-16-27(42)43)28-29(34(24)47)33(46)22(6)36-30(28)37(48)39(8,54-36)52-14-13-25(50-9)19(3)35(53-23(7)41)21(5)32(45)20(4)31(17)44/h10-15,17,19-21,25,31-32,35,44-47H,16H2,1-9H3,(H,40,49)(H,42,43)/p-2/b11-10+,14-13+,18-12-/t17-,19+,20+,21+,25-,31-,32+,35+,39-/m0/s1. The van der Waals surface area contributed by atoms with Gasteiger partial charge in [-0.05, 0) is 25.5 Å². The van der Waals surface area contributed by atoms with Crippen molar-refractivity contribution in [3.05, 3.63) is 53.3 Å². The maximum absolute atomic E-state index is 14.2. The molecule has 294 valence electrons. The van der Waals surface area contributed by atoms with Gasteiger partial charge in [0.2, 0.25) is 0 Å². The fourth-order valence-corrected chi connectivity index (χ4v) is 6.87. The number of esters is 1. The molecule has 5 rings (SSSR count). The van der Waals surface area contributed by atoms with E-state index in [2.05, 4.69) is 5.32 Å². The number of Topliss-reactive ketones (excluding diaryl/α,β-unsaturated/α-hetero) is 1. The Morgan fingerprint density at radius 3 is 2.30 bits per heavy atom. The van der Waals surface area contributed by atoms with E-state index >= 15 is 0 Å². The summed E-state index contributed by atoms with van der Waals surface area (Å²) in [7, 11) is 1.40. The first kappa shape index (κ1) is 41.6. The number of ketones is 1. The molecule has 0 saturated carbocycles. The monoisotopic (exact) mass is 753 g/mol. The van der Waals surface area contributed by atoms with Crippen molar-refractivity contribution >= 4 is 40.1 Å². The lowest BCUT2D eigenvalue weighted by Gasteiger charge is -2.38. The molecule has 5 bridgehead atoms. The van der Waals surface area contributed by atoms with Gasteiger partial charge >= 0.3 is 11.8 Å². The molecular weight excluding hydrogens is 706 g/mol. The summed E-state index contributed by atoms with van der Waals surface area (Å²) >= 11 is 0. The highest BCUT2D eigenvalue weighted by atomic mass is 16.7. The number of carbonyl (C=O) groups is 4. The lowest BCUT2D eigenvalue weighted by Crippen LogP contribution is -2.46. The number of phenols is 1. The number of aromatic hydroxyl groups is 1. The van der Waals surface area contributed by atoms with E-state index in [4.69, 9.17) is 23.7 Å². The zero-order chi connectivity index (χ0) is 40.4. The number of carboxylic acids is 1. The summed E-state index contributed by atoms with van der Waals surface area (Å²) in [4.78, 5) is 51.2. The Morgan fingerprint density at radius 1 is 1.02 bits per heavy atom. The number of hydrogen-bond acceptors (Lipinski definition) is 14. The predicted molar refractivity (Wildman–Crippen MR) is 190 cm³/mol. The molecule has 0 radical (unpaired) electrons. The van der Waals surface area contributed by atoms with E-state index in [1.165, 1.54) is 53.0 Å². The summed E-state index contributed by atoms with van der Waals surface area (Å²) in [6.45, 7) is 11.1. The number of rotatable bonds is 5. The second-order valence-electron chi connectivity index (χ2n) is 14.0. The van der Waals surface area contributed by atoms with Gasteiger partial charge in [0.15, 0.2) is 0 Å². The van der Waals surface area contributed by atoms with Crippen molar-refractivity contribution in [2.75, 3.05) is 19.0 Å². The van der Waals surface area contributed by atoms with E-state index in [0.29, 0.717) is 0 Å². The highest BCUT2D eigenvalue weighted by Crippen LogP contribution is 2.53. The van der Waals surface area contributed by atoms with Crippen molar-refractivity contribution in [3.8, 4) is 23.0 Å². The number of aliphatic hydroxyl groups excluding tert-OH is 2. The molecule has 15 heteroatoms. The molecule has 3 aliphatic heterocycles. The minimum Gasteiger partial charge on any atom is -0.872 e. The molecule has 2 aromatic rings. The SMILES string of the molecule is CO[C@H]1/C=C/O[C@@]2(C)Oc3c(C)c([O-])c4c(O)c(cc(OCC(=O)[O-])c4c3C2=O)NC(=O)/C(C)=C\C=C\[C@H](C)[C@H](O)[C@@H](C)[C@@H](O)[C@@H](C)[C@H](OC(C)=O)[C@@H]1C. The van der Waals surface area contributed by atoms with Crippen molar-refractivity contribution in [2.45, 2.75) is 85.6 Å². The number of allylic oxidation sites excluding steroid dienone is 2. The first-order valence-electron chi connectivity index (χ1n) is 17.4. The van der Waals surface area contributed by atoms with Gasteiger partial charge in [-0.2, -0.15) is 0 Å². The molecule has 3 aliphatic rings. The van der Waals surface area contributed by atoms with Crippen LogP contribution in [-0.4, -0.2) is 82.9 Å². The highest BCUT2D eigenvalue weighted by Gasteiger charge is 2.49. The Kier molecular flexibility index (Phi) is 12.7. The summed E-state index contributed by atoms with van der Waals surface area (Å²) < 4.78 is 28.7. The lowest BCUT2D eigenvalue weighted by molar-refractivity contribution is -0.307. The number of aliphatic hydroxyl groups is 2. The molecule has 0 fully saturated rings. The van der Waals surface area contributed by atoms with Gasteiger partial charge in [-0.25, -0.2) is 0 Å². The third-order valence-electron chi connectivity index (χ3n) is 10.1. The van der Waals surface area contributed by atoms with Crippen molar-refractivity contribution in [3.63, 3.8) is 0 Å². The van der Waals surface area contributed by atoms with Gasteiger partial charge in [0.05, 0.1) is 41.8 Å². The molecule has 0 saturated heterocycles. The first-order valence-corrected chi connectivity index (χ1v) is 17.4. The zero-order valence-electron chi connectivity index (χ0n) is 31.6. The molecule has 9 atom stereocenters. The molecule has 0 unspecified atom stereocenters. The summed E-state index contributed by atoms with van der Waals surface area (Å²) in [6.07, 6.45) is 3.23. The largest absolute Gasteiger partial charge is 0.872 e. The number of anilines is 1. The summed E-state index contributed by atoms with van der Waals surface area (Å²) in [6, 6.07) is 1.08. The number of benzene rings is 2. The number of phenolic OH excluding ortho intramolecular Hbond substituents is 1. The fourth-order valence-electron chi connectivity index (χ4n) is 6.87. The van der Waals surface area contributed by atoms with Crippen molar-refractivity contribution in [2.24, 2.45) is 23.7 Å². The molecule has 0 aliphatic carbocycles. The van der Waals surface area contributed by atoms with Gasteiger partial charge in [0.1, 0.15) is 30.0 Å². The summed E-state index contributed by atoms with van der Waals surface area (Å²) in [5.74, 6) is -10.5. The second-order valence-corrected chi connectivity index (χ2v) is 14.0. The van der Waals surface area contributed by atoms with Crippen LogP contribution in [0.3, 0.4) is 0 Å². The van der Waals surface area contributed by atoms with Crippen LogP contribution in [0.4, 0.5) is 5.69 Å². The topological polar surface area (TPSA) is 233 Å². The van der Waals surface area contributed by atoms with Crippen LogP contribution in [0.5, 0.6) is 23.0 Å². The second kappa shape index (κ2) is 16.5. The number of carbonyl (C=O) groups excluding carboxylic acids is 4. The number of carboxylic acid groups (broad SMARTS) is 1. The van der Waals surface area contributed by atoms with Gasteiger partial charge in [0, 0.05) is 67.0 Å². The fraction of sp³-hybridized carbons (Fsp3) is 0.487. The maximum Gasteiger partial charge on any atom is 0.312 e. The average molecular weight is 754 g/mol. The van der Waals surface area contributed by atoms with Crippen LogP contribution in [0.25, 0.3) is 10.8 Å². The third kappa shape index (κ3) is 8.17. The van der Waals surface area contributed by atoms with Crippen LogP contribution in [-0.2, 0) is 28.6 Å². The van der Waals surface area contributed by atoms with Crippen LogP contribution in [0.2, 0.25) is 0 Å². The molecular formula is C39H47NO14-2. The van der Waals surface area contributed by atoms with Crippen LogP contribution >= 0.6 is 0 Å². The number of nitrogens with one attached hydrogen (secondary N) is 1. The van der Waals surface area contributed by atoms with Gasteiger partial charge in [-0.3, -0.25) is 14.4 Å². The Balaban J connectivity index is 1.93. The molecule has 54 heavy (non-hydrogen) atoms. The maximum atomic E-state index is 14.2. The smallest absolute Gasteiger partial charge is 0.312 e. The Labute approximate surface area is 312 Å². The van der Waals surface area contributed by atoms with Crippen LogP contribution in [0, 0.1) is 30.6 Å². The predicted octanol–water partition coefficient (Wildman–Crippen LogP) is 2.55. The summed E-state index contributed by atoms with van der Waals surface area (Å²) in [5, 5.41) is 61.1. The minimum atomic E-state index is -2.09. The molecule has 3 heterocycles.